The van der Waals surface area contributed by atoms with Gasteiger partial charge in [-0.1, -0.05) is 6.07 Å². The lowest BCUT2D eigenvalue weighted by atomic mass is 10.1. The zero-order chi connectivity index (χ0) is 13.2. The third kappa shape index (κ3) is 2.65. The number of halogens is 3. The van der Waals surface area contributed by atoms with Gasteiger partial charge in [-0.05, 0) is 18.2 Å². The van der Waals surface area contributed by atoms with Gasteiger partial charge >= 0.3 is 6.18 Å². The molecule has 1 aromatic heterocycles. The number of carbonyl (C=O) groups is 1. The normalized spacial score (nSPS) is 11.3. The van der Waals surface area contributed by atoms with Crippen molar-refractivity contribution in [2.45, 2.75) is 6.18 Å². The number of aromatic nitrogens is 3. The molecule has 0 bridgehead atoms. The van der Waals surface area contributed by atoms with E-state index >= 15 is 0 Å². The Kier molecular flexibility index (Phi) is 3.00. The molecule has 0 aliphatic rings. The molecule has 0 radical (unpaired) electrons. The van der Waals surface area contributed by atoms with Gasteiger partial charge in [-0.2, -0.15) is 13.2 Å². The van der Waals surface area contributed by atoms with Crippen LogP contribution >= 0.6 is 0 Å². The quantitative estimate of drug-likeness (QED) is 0.889. The van der Waals surface area contributed by atoms with Crippen molar-refractivity contribution in [1.82, 2.24) is 14.9 Å². The van der Waals surface area contributed by atoms with E-state index in [9.17, 15) is 18.0 Å². The molecule has 0 atom stereocenters. The van der Waals surface area contributed by atoms with Gasteiger partial charge in [0.1, 0.15) is 12.7 Å². The molecule has 94 valence electrons. The van der Waals surface area contributed by atoms with E-state index in [-0.39, 0.29) is 5.56 Å². The number of hydrogen-bond donors (Lipinski definition) is 1. The van der Waals surface area contributed by atoms with E-state index in [4.69, 9.17) is 0 Å². The topological polar surface area (TPSA) is 59.8 Å². The number of hydrogen-bond acceptors (Lipinski definition) is 3. The molecule has 0 spiro atoms. The van der Waals surface area contributed by atoms with Crippen LogP contribution in [0.15, 0.2) is 36.9 Å². The lowest BCUT2D eigenvalue weighted by molar-refractivity contribution is -0.137. The first-order valence-electron chi connectivity index (χ1n) is 4.80. The molecule has 18 heavy (non-hydrogen) atoms. The smallest absolute Gasteiger partial charge is 0.267 e. The van der Waals surface area contributed by atoms with Gasteiger partial charge in [0.25, 0.3) is 5.91 Å². The summed E-state index contributed by atoms with van der Waals surface area (Å²) in [6.45, 7) is 0. The Hall–Kier alpha value is -2.38. The highest BCUT2D eigenvalue weighted by Crippen LogP contribution is 2.29. The Bertz CT molecular complexity index is 551. The van der Waals surface area contributed by atoms with E-state index in [1.54, 1.807) is 0 Å². The lowest BCUT2D eigenvalue weighted by Crippen LogP contribution is -2.22. The number of nitrogens with one attached hydrogen (secondary N) is 1. The molecule has 0 fully saturated rings. The summed E-state index contributed by atoms with van der Waals surface area (Å²) < 4.78 is 38.5. The molecule has 0 unspecified atom stereocenters. The van der Waals surface area contributed by atoms with Crippen molar-refractivity contribution in [3.63, 3.8) is 0 Å². The van der Waals surface area contributed by atoms with Gasteiger partial charge in [0.05, 0.1) is 5.56 Å². The highest BCUT2D eigenvalue weighted by molar-refractivity contribution is 6.00. The molecule has 1 N–H and O–H groups in total. The maximum absolute atomic E-state index is 12.5. The largest absolute Gasteiger partial charge is 0.416 e. The molecule has 5 nitrogen and oxygen atoms in total. The molecule has 0 saturated carbocycles. The van der Waals surface area contributed by atoms with Crippen LogP contribution in [0.1, 0.15) is 15.9 Å². The van der Waals surface area contributed by atoms with Gasteiger partial charge in [0.15, 0.2) is 0 Å². The average molecular weight is 256 g/mol. The molecular weight excluding hydrogens is 249 g/mol. The predicted octanol–water partition coefficient (Wildman–Crippen LogP) is 1.68. The number of nitrogens with zero attached hydrogens (tertiary/aromatic N) is 3. The summed E-state index contributed by atoms with van der Waals surface area (Å²) in [6.07, 6.45) is -2.05. The van der Waals surface area contributed by atoms with Crippen molar-refractivity contribution >= 4 is 5.91 Å². The fourth-order valence-corrected chi connectivity index (χ4v) is 1.28. The van der Waals surface area contributed by atoms with Crippen LogP contribution in [0.3, 0.4) is 0 Å². The first kappa shape index (κ1) is 12.1. The molecule has 1 heterocycles. The minimum absolute atomic E-state index is 0.0986. The van der Waals surface area contributed by atoms with Crippen molar-refractivity contribution < 1.29 is 18.0 Å². The zero-order valence-electron chi connectivity index (χ0n) is 8.85. The first-order valence-corrected chi connectivity index (χ1v) is 4.80. The van der Waals surface area contributed by atoms with Gasteiger partial charge in [0.2, 0.25) is 0 Å². The lowest BCUT2D eigenvalue weighted by Gasteiger charge is -2.09. The van der Waals surface area contributed by atoms with Gasteiger partial charge < -0.3 is 0 Å². The second-order valence-electron chi connectivity index (χ2n) is 3.39. The van der Waals surface area contributed by atoms with Gasteiger partial charge in [-0.3, -0.25) is 10.2 Å². The van der Waals surface area contributed by atoms with Crippen LogP contribution in [0, 0.1) is 0 Å². The Morgan fingerprint density at radius 2 is 1.89 bits per heavy atom. The zero-order valence-corrected chi connectivity index (χ0v) is 8.85. The fourth-order valence-electron chi connectivity index (χ4n) is 1.28. The summed E-state index contributed by atoms with van der Waals surface area (Å²) in [7, 11) is 0. The Labute approximate surface area is 99.2 Å². The number of alkyl halides is 3. The highest BCUT2D eigenvalue weighted by Gasteiger charge is 2.30. The number of amides is 1. The second-order valence-corrected chi connectivity index (χ2v) is 3.39. The number of benzene rings is 1. The second kappa shape index (κ2) is 4.47. The van der Waals surface area contributed by atoms with Crippen LogP contribution in [-0.4, -0.2) is 20.8 Å². The van der Waals surface area contributed by atoms with Crippen molar-refractivity contribution in [1.29, 1.82) is 0 Å². The van der Waals surface area contributed by atoms with Crippen LogP contribution < -0.4 is 5.43 Å². The third-order valence-electron chi connectivity index (χ3n) is 2.10. The van der Waals surface area contributed by atoms with Gasteiger partial charge in [0, 0.05) is 5.56 Å². The average Bonchev–Trinajstić information content (AvgIpc) is 2.81. The Morgan fingerprint density at radius 1 is 1.22 bits per heavy atom. The Morgan fingerprint density at radius 3 is 2.50 bits per heavy atom. The fraction of sp³-hybridized carbons (Fsp3) is 0.100. The minimum Gasteiger partial charge on any atom is -0.267 e. The highest BCUT2D eigenvalue weighted by atomic mass is 19.4. The molecule has 2 rings (SSSR count). The van der Waals surface area contributed by atoms with Gasteiger partial charge in [-0.25, -0.2) is 4.68 Å². The summed E-state index contributed by atoms with van der Waals surface area (Å²) in [5.41, 5.74) is 1.33. The van der Waals surface area contributed by atoms with E-state index in [2.05, 4.69) is 15.6 Å². The van der Waals surface area contributed by atoms with Crippen molar-refractivity contribution in [2.75, 3.05) is 5.43 Å². The number of rotatable bonds is 2. The standard InChI is InChI=1S/C10H7F3N4O/c11-10(12,13)8-3-1-2-7(4-8)9(18)16-17-5-14-15-6-17/h1-6H,(H,16,18). The van der Waals surface area contributed by atoms with Crippen molar-refractivity contribution in [2.24, 2.45) is 0 Å². The SMILES string of the molecule is O=C(Nn1cnnc1)c1cccc(C(F)(F)F)c1. The summed E-state index contributed by atoms with van der Waals surface area (Å²) in [6, 6.07) is 4.13. The predicted molar refractivity (Wildman–Crippen MR) is 55.2 cm³/mol. The van der Waals surface area contributed by atoms with Gasteiger partial charge in [-0.15, -0.1) is 10.2 Å². The van der Waals surface area contributed by atoms with E-state index in [1.165, 1.54) is 24.8 Å². The van der Waals surface area contributed by atoms with Crippen molar-refractivity contribution in [3.8, 4) is 0 Å². The molecule has 1 amide bonds. The summed E-state index contributed by atoms with van der Waals surface area (Å²) in [4.78, 5) is 11.6. The van der Waals surface area contributed by atoms with Crippen LogP contribution in [0.25, 0.3) is 0 Å². The van der Waals surface area contributed by atoms with Crippen LogP contribution in [0.4, 0.5) is 13.2 Å². The van der Waals surface area contributed by atoms with Crippen LogP contribution in [0.2, 0.25) is 0 Å². The summed E-state index contributed by atoms with van der Waals surface area (Å²) in [5.74, 6) is -0.680. The van der Waals surface area contributed by atoms with Crippen LogP contribution in [0.5, 0.6) is 0 Å². The minimum atomic E-state index is -4.48. The molecule has 2 aromatic rings. The number of carbonyl (C=O) groups excluding carboxylic acids is 1. The Balaban J connectivity index is 2.21. The maximum atomic E-state index is 12.5. The monoisotopic (exact) mass is 256 g/mol. The van der Waals surface area contributed by atoms with Crippen molar-refractivity contribution in [3.05, 3.63) is 48.0 Å². The first-order chi connectivity index (χ1) is 8.47. The van der Waals surface area contributed by atoms with Crippen LogP contribution in [-0.2, 0) is 6.18 Å². The molecule has 8 heteroatoms. The summed E-state index contributed by atoms with van der Waals surface area (Å²) >= 11 is 0. The molecule has 1 aromatic carbocycles. The maximum Gasteiger partial charge on any atom is 0.416 e. The molecule has 0 aliphatic heterocycles. The van der Waals surface area contributed by atoms with E-state index in [1.807, 2.05) is 0 Å². The van der Waals surface area contributed by atoms with E-state index in [0.717, 1.165) is 16.8 Å². The molecule has 0 saturated heterocycles. The third-order valence-corrected chi connectivity index (χ3v) is 2.10. The molecule has 0 aliphatic carbocycles. The van der Waals surface area contributed by atoms with E-state index in [0.29, 0.717) is 0 Å². The van der Waals surface area contributed by atoms with E-state index < -0.39 is 17.6 Å². The molecular formula is C10H7F3N4O. The summed E-state index contributed by atoms with van der Waals surface area (Å²) in [5, 5.41) is 6.89.